The van der Waals surface area contributed by atoms with Crippen LogP contribution in [0, 0.1) is 0 Å². The van der Waals surface area contributed by atoms with Gasteiger partial charge >= 0.3 is 0 Å². The number of fused-ring (bicyclic) bond motifs is 1. The first-order valence-electron chi connectivity index (χ1n) is 5.31. The predicted molar refractivity (Wildman–Crippen MR) is 58.1 cm³/mol. The molecule has 0 spiro atoms. The fraction of sp³-hybridized carbons (Fsp3) is 0.231. The molecule has 3 nitrogen and oxygen atoms in total. The van der Waals surface area contributed by atoms with E-state index in [0.717, 1.165) is 17.1 Å². The molecule has 3 heteroatoms. The second kappa shape index (κ2) is 3.68. The van der Waals surface area contributed by atoms with E-state index >= 15 is 0 Å². The molecule has 0 saturated carbocycles. The van der Waals surface area contributed by atoms with Crippen molar-refractivity contribution in [2.24, 2.45) is 0 Å². The SMILES string of the molecule is O[C@H]1C[C@@H](c2ccco2)Oc2ccccc21. The van der Waals surface area contributed by atoms with Crippen molar-refractivity contribution in [3.05, 3.63) is 54.0 Å². The Bertz CT molecular complexity index is 476. The summed E-state index contributed by atoms with van der Waals surface area (Å²) in [5, 5.41) is 10.0. The highest BCUT2D eigenvalue weighted by Gasteiger charge is 2.29. The number of hydrogen-bond acceptors (Lipinski definition) is 3. The van der Waals surface area contributed by atoms with E-state index in [-0.39, 0.29) is 6.10 Å². The van der Waals surface area contributed by atoms with Gasteiger partial charge in [-0.3, -0.25) is 0 Å². The fourth-order valence-corrected chi connectivity index (χ4v) is 2.04. The molecular weight excluding hydrogens is 204 g/mol. The summed E-state index contributed by atoms with van der Waals surface area (Å²) in [5.74, 6) is 1.50. The zero-order chi connectivity index (χ0) is 11.0. The minimum absolute atomic E-state index is 0.195. The first-order valence-corrected chi connectivity index (χ1v) is 5.31. The standard InChI is InChI=1S/C13H12O3/c14-10-8-13(12-6-3-7-15-12)16-11-5-2-1-4-9(10)11/h1-7,10,13-14H,8H2/t10-,13-/m0/s1. The highest BCUT2D eigenvalue weighted by atomic mass is 16.5. The Balaban J connectivity index is 1.95. The zero-order valence-electron chi connectivity index (χ0n) is 8.67. The molecule has 2 aromatic rings. The third-order valence-electron chi connectivity index (χ3n) is 2.85. The third kappa shape index (κ3) is 1.49. The van der Waals surface area contributed by atoms with Crippen LogP contribution in [0.1, 0.15) is 30.0 Å². The first kappa shape index (κ1) is 9.48. The maximum Gasteiger partial charge on any atom is 0.159 e. The van der Waals surface area contributed by atoms with Gasteiger partial charge in [0.25, 0.3) is 0 Å². The van der Waals surface area contributed by atoms with Gasteiger partial charge in [0.05, 0.1) is 12.4 Å². The van der Waals surface area contributed by atoms with E-state index < -0.39 is 6.10 Å². The number of benzene rings is 1. The number of aliphatic hydroxyl groups excluding tert-OH is 1. The van der Waals surface area contributed by atoms with Crippen molar-refractivity contribution in [3.8, 4) is 5.75 Å². The van der Waals surface area contributed by atoms with Crippen molar-refractivity contribution in [2.45, 2.75) is 18.6 Å². The van der Waals surface area contributed by atoms with Crippen LogP contribution in [0.3, 0.4) is 0 Å². The molecule has 1 aliphatic rings. The molecule has 0 unspecified atom stereocenters. The van der Waals surface area contributed by atoms with E-state index in [2.05, 4.69) is 0 Å². The Kier molecular flexibility index (Phi) is 2.18. The minimum atomic E-state index is -0.486. The molecule has 2 atom stereocenters. The summed E-state index contributed by atoms with van der Waals surface area (Å²) in [7, 11) is 0. The molecule has 0 saturated heterocycles. The molecule has 1 aromatic carbocycles. The van der Waals surface area contributed by atoms with Crippen LogP contribution >= 0.6 is 0 Å². The monoisotopic (exact) mass is 216 g/mol. The molecule has 82 valence electrons. The maximum atomic E-state index is 10.0. The van der Waals surface area contributed by atoms with Crippen LogP contribution in [-0.4, -0.2) is 5.11 Å². The number of para-hydroxylation sites is 1. The number of rotatable bonds is 1. The molecule has 16 heavy (non-hydrogen) atoms. The summed E-state index contributed by atoms with van der Waals surface area (Å²) in [6, 6.07) is 11.2. The quantitative estimate of drug-likeness (QED) is 0.797. The van der Waals surface area contributed by atoms with E-state index in [1.165, 1.54) is 0 Å². The first-order chi connectivity index (χ1) is 7.84. The molecule has 1 N–H and O–H groups in total. The average molecular weight is 216 g/mol. The van der Waals surface area contributed by atoms with Crippen LogP contribution in [-0.2, 0) is 0 Å². The molecule has 0 fully saturated rings. The fourth-order valence-electron chi connectivity index (χ4n) is 2.04. The number of hydrogen-bond donors (Lipinski definition) is 1. The molecule has 0 aliphatic carbocycles. The highest BCUT2D eigenvalue weighted by molar-refractivity contribution is 5.37. The average Bonchev–Trinajstić information content (AvgIpc) is 2.82. The smallest absolute Gasteiger partial charge is 0.159 e. The molecular formula is C13H12O3. The Hall–Kier alpha value is -1.74. The van der Waals surface area contributed by atoms with E-state index in [1.807, 2.05) is 36.4 Å². The van der Waals surface area contributed by atoms with Crippen LogP contribution < -0.4 is 4.74 Å². The van der Waals surface area contributed by atoms with Gasteiger partial charge in [0.1, 0.15) is 11.5 Å². The summed E-state index contributed by atoms with van der Waals surface area (Å²) >= 11 is 0. The van der Waals surface area contributed by atoms with Crippen molar-refractivity contribution >= 4 is 0 Å². The molecule has 1 aromatic heterocycles. The van der Waals surface area contributed by atoms with Gasteiger partial charge < -0.3 is 14.3 Å². The van der Waals surface area contributed by atoms with Crippen molar-refractivity contribution in [3.63, 3.8) is 0 Å². The number of furan rings is 1. The van der Waals surface area contributed by atoms with Crippen molar-refractivity contribution in [2.75, 3.05) is 0 Å². The van der Waals surface area contributed by atoms with Crippen LogP contribution in [0.2, 0.25) is 0 Å². The highest BCUT2D eigenvalue weighted by Crippen LogP contribution is 2.40. The number of aliphatic hydroxyl groups is 1. The number of ether oxygens (including phenoxy) is 1. The van der Waals surface area contributed by atoms with Crippen LogP contribution in [0.5, 0.6) is 5.75 Å². The molecule has 1 aliphatic heterocycles. The van der Waals surface area contributed by atoms with Crippen molar-refractivity contribution < 1.29 is 14.3 Å². The van der Waals surface area contributed by atoms with Gasteiger partial charge in [-0.05, 0) is 18.2 Å². The predicted octanol–water partition coefficient (Wildman–Crippen LogP) is 2.84. The van der Waals surface area contributed by atoms with Gasteiger partial charge in [-0.2, -0.15) is 0 Å². The Labute approximate surface area is 93.3 Å². The largest absolute Gasteiger partial charge is 0.482 e. The summed E-state index contributed by atoms with van der Waals surface area (Å²) in [6.07, 6.45) is 1.47. The van der Waals surface area contributed by atoms with E-state index in [4.69, 9.17) is 9.15 Å². The van der Waals surface area contributed by atoms with Crippen LogP contribution in [0.25, 0.3) is 0 Å². The Morgan fingerprint density at radius 2 is 2.00 bits per heavy atom. The van der Waals surface area contributed by atoms with Gasteiger partial charge in [-0.15, -0.1) is 0 Å². The van der Waals surface area contributed by atoms with Gasteiger partial charge in [-0.1, -0.05) is 18.2 Å². The molecule has 0 bridgehead atoms. The van der Waals surface area contributed by atoms with Gasteiger partial charge in [0.15, 0.2) is 6.10 Å². The van der Waals surface area contributed by atoms with Gasteiger partial charge in [0, 0.05) is 12.0 Å². The summed E-state index contributed by atoms with van der Waals surface area (Å²) in [6.45, 7) is 0. The molecule has 3 rings (SSSR count). The molecule has 2 heterocycles. The Morgan fingerprint density at radius 1 is 1.12 bits per heavy atom. The Morgan fingerprint density at radius 3 is 2.81 bits per heavy atom. The van der Waals surface area contributed by atoms with Gasteiger partial charge in [0.2, 0.25) is 0 Å². The lowest BCUT2D eigenvalue weighted by Gasteiger charge is -2.28. The topological polar surface area (TPSA) is 42.6 Å². The second-order valence-corrected chi connectivity index (χ2v) is 3.91. The van der Waals surface area contributed by atoms with Gasteiger partial charge in [-0.25, -0.2) is 0 Å². The lowest BCUT2D eigenvalue weighted by atomic mass is 9.98. The minimum Gasteiger partial charge on any atom is -0.482 e. The summed E-state index contributed by atoms with van der Waals surface area (Å²) < 4.78 is 11.1. The normalized spacial score (nSPS) is 23.6. The van der Waals surface area contributed by atoms with E-state index in [1.54, 1.807) is 6.26 Å². The molecule has 0 radical (unpaired) electrons. The zero-order valence-corrected chi connectivity index (χ0v) is 8.67. The van der Waals surface area contributed by atoms with Crippen LogP contribution in [0.4, 0.5) is 0 Å². The van der Waals surface area contributed by atoms with Crippen molar-refractivity contribution in [1.29, 1.82) is 0 Å². The van der Waals surface area contributed by atoms with Crippen molar-refractivity contribution in [1.82, 2.24) is 0 Å². The van der Waals surface area contributed by atoms with E-state index in [9.17, 15) is 5.11 Å². The third-order valence-corrected chi connectivity index (χ3v) is 2.85. The molecule has 0 amide bonds. The second-order valence-electron chi connectivity index (χ2n) is 3.91. The van der Waals surface area contributed by atoms with Crippen LogP contribution in [0.15, 0.2) is 47.1 Å². The summed E-state index contributed by atoms with van der Waals surface area (Å²) in [4.78, 5) is 0. The lowest BCUT2D eigenvalue weighted by Crippen LogP contribution is -2.18. The summed E-state index contributed by atoms with van der Waals surface area (Å²) in [5.41, 5.74) is 0.852. The maximum absolute atomic E-state index is 10.0. The lowest BCUT2D eigenvalue weighted by molar-refractivity contribution is 0.0546. The van der Waals surface area contributed by atoms with E-state index in [0.29, 0.717) is 6.42 Å².